The van der Waals surface area contributed by atoms with Crippen molar-refractivity contribution < 1.29 is 31.1 Å². The molecule has 1 unspecified atom stereocenters. The number of rotatable bonds is 1. The Labute approximate surface area is 127 Å². The van der Waals surface area contributed by atoms with Crippen LogP contribution in [0.3, 0.4) is 0 Å². The smallest absolute Gasteiger partial charge is 0.424 e. The van der Waals surface area contributed by atoms with Crippen LogP contribution in [0.15, 0.2) is 29.3 Å². The average Bonchev–Trinajstić information content (AvgIpc) is 2.45. The topological polar surface area (TPSA) is 45.4 Å². The number of hydrogen-bond donors (Lipinski definition) is 0. The second-order valence-corrected chi connectivity index (χ2v) is 5.04. The first-order chi connectivity index (χ1) is 10.5. The van der Waals surface area contributed by atoms with E-state index in [2.05, 4.69) is 4.99 Å². The fraction of sp³-hybridized carbons (Fsp3) is 0.429. The van der Waals surface area contributed by atoms with Crippen LogP contribution in [-0.2, 0) is 4.74 Å². The van der Waals surface area contributed by atoms with Crippen molar-refractivity contribution in [1.29, 1.82) is 5.26 Å². The zero-order valence-corrected chi connectivity index (χ0v) is 11.7. The van der Waals surface area contributed by atoms with Crippen molar-refractivity contribution in [3.63, 3.8) is 0 Å². The van der Waals surface area contributed by atoms with E-state index < -0.39 is 36.3 Å². The Morgan fingerprint density at radius 1 is 1.13 bits per heavy atom. The summed E-state index contributed by atoms with van der Waals surface area (Å²) in [5.74, 6) is -3.30. The van der Waals surface area contributed by atoms with Crippen LogP contribution in [0.2, 0.25) is 0 Å². The molecule has 0 aliphatic carbocycles. The van der Waals surface area contributed by atoms with E-state index in [1.807, 2.05) is 0 Å². The van der Waals surface area contributed by atoms with Gasteiger partial charge in [-0.05, 0) is 19.1 Å². The van der Waals surface area contributed by atoms with Crippen LogP contribution in [0.25, 0.3) is 0 Å². The molecule has 1 aromatic carbocycles. The van der Waals surface area contributed by atoms with Crippen molar-refractivity contribution in [3.8, 4) is 6.07 Å². The molecule has 0 spiro atoms. The van der Waals surface area contributed by atoms with E-state index >= 15 is 0 Å². The molecule has 0 radical (unpaired) electrons. The monoisotopic (exact) mass is 336 g/mol. The van der Waals surface area contributed by atoms with Gasteiger partial charge in [0.25, 0.3) is 5.54 Å². The molecule has 0 saturated heterocycles. The summed E-state index contributed by atoms with van der Waals surface area (Å²) in [7, 11) is 0. The Balaban J connectivity index is 2.67. The molecule has 124 valence electrons. The highest BCUT2D eigenvalue weighted by atomic mass is 19.4. The first-order valence-corrected chi connectivity index (χ1v) is 6.35. The Kier molecular flexibility index (Phi) is 4.05. The summed E-state index contributed by atoms with van der Waals surface area (Å²) in [6.45, 7) is 0.650. The number of nitriles is 1. The van der Waals surface area contributed by atoms with Gasteiger partial charge in [0.2, 0.25) is 5.90 Å². The predicted molar refractivity (Wildman–Crippen MR) is 67.6 cm³/mol. The molecule has 1 aliphatic rings. The second kappa shape index (κ2) is 5.44. The molecule has 0 saturated carbocycles. The van der Waals surface area contributed by atoms with Gasteiger partial charge < -0.3 is 4.74 Å². The zero-order valence-electron chi connectivity index (χ0n) is 11.7. The summed E-state index contributed by atoms with van der Waals surface area (Å²) >= 11 is 0. The predicted octanol–water partition coefficient (Wildman–Crippen LogP) is 3.78. The standard InChI is InChI=1S/C14H10F6N2O/c1-8-2-4-9(5-3-8)11-22-12(13(15,16)17,14(18,19)20)10(6-21)7-23-11/h2-5,10H,7H2,1H3. The third-order valence-electron chi connectivity index (χ3n) is 3.49. The molecule has 0 fully saturated rings. The molecule has 1 aromatic rings. The van der Waals surface area contributed by atoms with Crippen LogP contribution in [0.5, 0.6) is 0 Å². The van der Waals surface area contributed by atoms with Crippen LogP contribution in [0.1, 0.15) is 11.1 Å². The van der Waals surface area contributed by atoms with Gasteiger partial charge in [0.05, 0.1) is 6.07 Å². The van der Waals surface area contributed by atoms with Crippen molar-refractivity contribution in [2.45, 2.75) is 24.8 Å². The van der Waals surface area contributed by atoms with Gasteiger partial charge in [-0.2, -0.15) is 31.6 Å². The van der Waals surface area contributed by atoms with Crippen molar-refractivity contribution in [1.82, 2.24) is 0 Å². The molecule has 0 amide bonds. The summed E-state index contributed by atoms with van der Waals surface area (Å²) in [4.78, 5) is 2.83. The van der Waals surface area contributed by atoms with E-state index in [1.54, 1.807) is 6.92 Å². The number of nitrogens with zero attached hydrogens (tertiary/aromatic N) is 2. The number of aliphatic imine (C=N–C) groups is 1. The van der Waals surface area contributed by atoms with Gasteiger partial charge in [0, 0.05) is 5.56 Å². The van der Waals surface area contributed by atoms with Gasteiger partial charge in [-0.15, -0.1) is 0 Å². The van der Waals surface area contributed by atoms with Crippen LogP contribution in [0.4, 0.5) is 26.3 Å². The van der Waals surface area contributed by atoms with Gasteiger partial charge in [0.1, 0.15) is 12.5 Å². The van der Waals surface area contributed by atoms with Crippen molar-refractivity contribution in [3.05, 3.63) is 35.4 Å². The van der Waals surface area contributed by atoms with Crippen LogP contribution in [0, 0.1) is 24.2 Å². The Bertz CT molecular complexity index is 640. The lowest BCUT2D eigenvalue weighted by atomic mass is 9.83. The van der Waals surface area contributed by atoms with Crippen molar-refractivity contribution >= 4 is 5.90 Å². The average molecular weight is 336 g/mol. The Morgan fingerprint density at radius 3 is 2.09 bits per heavy atom. The highest BCUT2D eigenvalue weighted by Crippen LogP contribution is 2.52. The molecule has 3 nitrogen and oxygen atoms in total. The van der Waals surface area contributed by atoms with E-state index in [0.29, 0.717) is 0 Å². The minimum atomic E-state index is -5.79. The first-order valence-electron chi connectivity index (χ1n) is 6.35. The van der Waals surface area contributed by atoms with E-state index in [1.165, 1.54) is 24.3 Å². The summed E-state index contributed by atoms with van der Waals surface area (Å²) in [6.07, 6.45) is -11.6. The summed E-state index contributed by atoms with van der Waals surface area (Å²) in [5.41, 5.74) is -3.77. The van der Waals surface area contributed by atoms with Gasteiger partial charge in [-0.1, -0.05) is 17.7 Å². The number of hydrogen-bond acceptors (Lipinski definition) is 3. The minimum Gasteiger partial charge on any atom is -0.476 e. The number of aryl methyl sites for hydroxylation is 1. The maximum atomic E-state index is 13.2. The zero-order chi connectivity index (χ0) is 17.5. The normalized spacial score (nSPS) is 21.1. The van der Waals surface area contributed by atoms with Crippen LogP contribution < -0.4 is 0 Å². The summed E-state index contributed by atoms with van der Waals surface area (Å²) in [5, 5.41) is 8.75. The van der Waals surface area contributed by atoms with Gasteiger partial charge in [0.15, 0.2) is 0 Å². The van der Waals surface area contributed by atoms with E-state index in [9.17, 15) is 26.3 Å². The first kappa shape index (κ1) is 17.1. The molecule has 0 aromatic heterocycles. The molecule has 1 aliphatic heterocycles. The number of ether oxygens (including phenoxy) is 1. The molecule has 1 heterocycles. The molecule has 0 bridgehead atoms. The van der Waals surface area contributed by atoms with Crippen LogP contribution >= 0.6 is 0 Å². The van der Waals surface area contributed by atoms with Crippen molar-refractivity contribution in [2.24, 2.45) is 10.9 Å². The fourth-order valence-corrected chi connectivity index (χ4v) is 2.21. The molecule has 0 N–H and O–H groups in total. The quantitative estimate of drug-likeness (QED) is 0.733. The van der Waals surface area contributed by atoms with E-state index in [0.717, 1.165) is 11.6 Å². The highest BCUT2D eigenvalue weighted by molar-refractivity contribution is 5.95. The molecule has 23 heavy (non-hydrogen) atoms. The molecule has 9 heteroatoms. The Hall–Kier alpha value is -2.24. The Morgan fingerprint density at radius 2 is 1.65 bits per heavy atom. The summed E-state index contributed by atoms with van der Waals surface area (Å²) < 4.78 is 84.4. The van der Waals surface area contributed by atoms with Gasteiger partial charge in [-0.25, -0.2) is 4.99 Å². The highest BCUT2D eigenvalue weighted by Gasteiger charge is 2.76. The minimum absolute atomic E-state index is 0.0233. The molecule has 2 rings (SSSR count). The van der Waals surface area contributed by atoms with E-state index in [4.69, 9.17) is 10.00 Å². The largest absolute Gasteiger partial charge is 0.476 e. The van der Waals surface area contributed by atoms with Gasteiger partial charge >= 0.3 is 12.4 Å². The summed E-state index contributed by atoms with van der Waals surface area (Å²) in [6, 6.07) is 6.63. The SMILES string of the molecule is Cc1ccc(C2=NC(C(F)(F)F)(C(F)(F)F)C(C#N)CO2)cc1. The maximum Gasteiger partial charge on any atom is 0.424 e. The second-order valence-electron chi connectivity index (χ2n) is 5.04. The number of benzene rings is 1. The fourth-order valence-electron chi connectivity index (χ4n) is 2.21. The lowest BCUT2D eigenvalue weighted by molar-refractivity contribution is -0.309. The number of halogens is 6. The lowest BCUT2D eigenvalue weighted by Crippen LogP contribution is -2.63. The van der Waals surface area contributed by atoms with Crippen LogP contribution in [-0.4, -0.2) is 30.4 Å². The lowest BCUT2D eigenvalue weighted by Gasteiger charge is -2.39. The van der Waals surface area contributed by atoms with Gasteiger partial charge in [-0.3, -0.25) is 0 Å². The molecular weight excluding hydrogens is 326 g/mol. The third-order valence-corrected chi connectivity index (χ3v) is 3.49. The maximum absolute atomic E-state index is 13.2. The van der Waals surface area contributed by atoms with Crippen molar-refractivity contribution in [2.75, 3.05) is 6.61 Å². The molecular formula is C14H10F6N2O. The third kappa shape index (κ3) is 2.73. The molecule has 1 atom stereocenters. The van der Waals surface area contributed by atoms with E-state index in [-0.39, 0.29) is 5.56 Å². The number of alkyl halides is 6.